The van der Waals surface area contributed by atoms with Crippen molar-refractivity contribution in [3.05, 3.63) is 59.9 Å². The molecular formula is C15H12N4. The topological polar surface area (TPSA) is 64.5 Å². The fraction of sp³-hybridized carbons (Fsp3) is 0.0667. The Morgan fingerprint density at radius 1 is 1.21 bits per heavy atom. The molecule has 19 heavy (non-hydrogen) atoms. The zero-order valence-electron chi connectivity index (χ0n) is 10.2. The number of nitriles is 1. The van der Waals surface area contributed by atoms with Gasteiger partial charge in [0.05, 0.1) is 0 Å². The highest BCUT2D eigenvalue weighted by atomic mass is 15.0. The van der Waals surface area contributed by atoms with E-state index >= 15 is 0 Å². The maximum absolute atomic E-state index is 9.28. The van der Waals surface area contributed by atoms with E-state index in [4.69, 9.17) is 0 Å². The number of aromatic nitrogens is 2. The third-order valence-corrected chi connectivity index (χ3v) is 3.01. The van der Waals surface area contributed by atoms with Crippen LogP contribution in [-0.4, -0.2) is 9.97 Å². The van der Waals surface area contributed by atoms with E-state index in [0.29, 0.717) is 12.1 Å². The highest BCUT2D eigenvalue weighted by molar-refractivity contribution is 5.91. The number of anilines is 1. The molecule has 0 radical (unpaired) electrons. The summed E-state index contributed by atoms with van der Waals surface area (Å²) < 4.78 is 0. The van der Waals surface area contributed by atoms with Gasteiger partial charge in [-0.2, -0.15) is 5.26 Å². The van der Waals surface area contributed by atoms with Gasteiger partial charge in [0.15, 0.2) is 0 Å². The lowest BCUT2D eigenvalue weighted by atomic mass is 10.2. The summed E-state index contributed by atoms with van der Waals surface area (Å²) >= 11 is 0. The van der Waals surface area contributed by atoms with Gasteiger partial charge in [-0.25, -0.2) is 0 Å². The van der Waals surface area contributed by atoms with Crippen LogP contribution in [0.4, 0.5) is 5.82 Å². The van der Waals surface area contributed by atoms with Crippen LogP contribution in [-0.2, 0) is 6.54 Å². The number of nitrogens with one attached hydrogen (secondary N) is 2. The molecule has 0 fully saturated rings. The molecule has 2 heterocycles. The molecule has 0 saturated heterocycles. The van der Waals surface area contributed by atoms with Crippen LogP contribution in [0.15, 0.2) is 48.8 Å². The second-order valence-electron chi connectivity index (χ2n) is 4.25. The van der Waals surface area contributed by atoms with Crippen LogP contribution in [0.1, 0.15) is 11.1 Å². The first kappa shape index (κ1) is 11.3. The number of hydrogen-bond acceptors (Lipinski definition) is 3. The fourth-order valence-corrected chi connectivity index (χ4v) is 2.08. The second kappa shape index (κ2) is 4.83. The van der Waals surface area contributed by atoms with Crippen LogP contribution in [0.2, 0.25) is 0 Å². The number of benzene rings is 1. The van der Waals surface area contributed by atoms with Crippen molar-refractivity contribution in [3.63, 3.8) is 0 Å². The van der Waals surface area contributed by atoms with Crippen molar-refractivity contribution < 1.29 is 0 Å². The van der Waals surface area contributed by atoms with Gasteiger partial charge < -0.3 is 10.3 Å². The van der Waals surface area contributed by atoms with Crippen molar-refractivity contribution in [1.82, 2.24) is 9.97 Å². The third kappa shape index (κ3) is 2.14. The molecule has 92 valence electrons. The third-order valence-electron chi connectivity index (χ3n) is 3.01. The van der Waals surface area contributed by atoms with Crippen LogP contribution in [0.3, 0.4) is 0 Å². The van der Waals surface area contributed by atoms with Gasteiger partial charge in [-0.15, -0.1) is 0 Å². The minimum Gasteiger partial charge on any atom is -0.366 e. The number of H-pyrrole nitrogens is 1. The molecule has 0 unspecified atom stereocenters. The average Bonchev–Trinajstić information content (AvgIpc) is 2.83. The van der Waals surface area contributed by atoms with Crippen LogP contribution in [0, 0.1) is 11.3 Å². The number of pyridine rings is 1. The molecule has 3 rings (SSSR count). The summed E-state index contributed by atoms with van der Waals surface area (Å²) in [5, 5.41) is 13.5. The van der Waals surface area contributed by atoms with Crippen molar-refractivity contribution in [2.45, 2.75) is 6.54 Å². The van der Waals surface area contributed by atoms with Gasteiger partial charge in [0.2, 0.25) is 0 Å². The van der Waals surface area contributed by atoms with Crippen molar-refractivity contribution in [1.29, 1.82) is 5.26 Å². The summed E-state index contributed by atoms with van der Waals surface area (Å²) in [7, 11) is 0. The first-order chi connectivity index (χ1) is 9.38. The van der Waals surface area contributed by atoms with E-state index in [1.165, 1.54) is 0 Å². The molecule has 0 saturated carbocycles. The molecule has 0 aliphatic rings. The van der Waals surface area contributed by atoms with Gasteiger partial charge in [0.25, 0.3) is 0 Å². The Kier molecular flexibility index (Phi) is 2.87. The maximum Gasteiger partial charge on any atom is 0.122 e. The van der Waals surface area contributed by atoms with Crippen molar-refractivity contribution in [2.75, 3.05) is 5.32 Å². The molecule has 0 aliphatic carbocycles. The number of hydrogen-bond donors (Lipinski definition) is 2. The van der Waals surface area contributed by atoms with Crippen molar-refractivity contribution >= 4 is 16.7 Å². The summed E-state index contributed by atoms with van der Waals surface area (Å²) in [5.41, 5.74) is 2.69. The van der Waals surface area contributed by atoms with E-state index in [-0.39, 0.29) is 0 Å². The first-order valence-electron chi connectivity index (χ1n) is 6.02. The highest BCUT2D eigenvalue weighted by Gasteiger charge is 2.09. The number of aromatic amines is 1. The van der Waals surface area contributed by atoms with Gasteiger partial charge in [-0.3, -0.25) is 4.98 Å². The number of fused-ring (bicyclic) bond motifs is 1. The van der Waals surface area contributed by atoms with E-state index in [1.807, 2.05) is 42.6 Å². The molecule has 2 aromatic heterocycles. The van der Waals surface area contributed by atoms with Crippen LogP contribution in [0.5, 0.6) is 0 Å². The zero-order chi connectivity index (χ0) is 13.1. The van der Waals surface area contributed by atoms with Gasteiger partial charge in [-0.05, 0) is 17.7 Å². The fourth-order valence-electron chi connectivity index (χ4n) is 2.08. The highest BCUT2D eigenvalue weighted by Crippen LogP contribution is 2.25. The Morgan fingerprint density at radius 3 is 2.89 bits per heavy atom. The van der Waals surface area contributed by atoms with Gasteiger partial charge in [-0.1, -0.05) is 24.3 Å². The molecule has 0 aliphatic heterocycles. The monoisotopic (exact) mass is 248 g/mol. The molecule has 2 N–H and O–H groups in total. The van der Waals surface area contributed by atoms with E-state index in [9.17, 15) is 5.26 Å². The molecule has 4 heteroatoms. The lowest BCUT2D eigenvalue weighted by molar-refractivity contribution is 1.10. The standard InChI is InChI=1S/C15H12N4/c16-8-13-12-5-1-2-6-14(12)19-15(13)18-10-11-4-3-7-17-9-11/h1-7,9,18-19H,10H2. The van der Waals surface area contributed by atoms with Crippen LogP contribution >= 0.6 is 0 Å². The van der Waals surface area contributed by atoms with E-state index in [2.05, 4.69) is 21.4 Å². The molecule has 0 spiro atoms. The minimum absolute atomic E-state index is 0.634. The Labute approximate surface area is 110 Å². The average molecular weight is 248 g/mol. The summed E-state index contributed by atoms with van der Waals surface area (Å²) in [6.45, 7) is 0.634. The largest absolute Gasteiger partial charge is 0.366 e. The lowest BCUT2D eigenvalue weighted by Crippen LogP contribution is -2.01. The molecule has 1 aromatic carbocycles. The zero-order valence-corrected chi connectivity index (χ0v) is 10.2. The molecular weight excluding hydrogens is 236 g/mol. The molecule has 0 bridgehead atoms. The van der Waals surface area contributed by atoms with Crippen LogP contribution in [0.25, 0.3) is 10.9 Å². The Balaban J connectivity index is 1.91. The number of rotatable bonds is 3. The predicted molar refractivity (Wildman–Crippen MR) is 74.6 cm³/mol. The number of nitrogens with zero attached hydrogens (tertiary/aromatic N) is 2. The molecule has 0 atom stereocenters. The van der Waals surface area contributed by atoms with E-state index < -0.39 is 0 Å². The van der Waals surface area contributed by atoms with Gasteiger partial charge in [0, 0.05) is 29.8 Å². The Morgan fingerprint density at radius 2 is 2.11 bits per heavy atom. The number of para-hydroxylation sites is 1. The SMILES string of the molecule is N#Cc1c(NCc2cccnc2)[nH]c2ccccc12. The van der Waals surface area contributed by atoms with Gasteiger partial charge in [0.1, 0.15) is 17.5 Å². The predicted octanol–water partition coefficient (Wildman–Crippen LogP) is 3.05. The van der Waals surface area contributed by atoms with E-state index in [0.717, 1.165) is 22.3 Å². The van der Waals surface area contributed by atoms with Gasteiger partial charge >= 0.3 is 0 Å². The summed E-state index contributed by atoms with van der Waals surface area (Å²) in [5.74, 6) is 0.757. The summed E-state index contributed by atoms with van der Waals surface area (Å²) in [6.07, 6.45) is 3.55. The molecule has 0 amide bonds. The normalized spacial score (nSPS) is 10.3. The Bertz CT molecular complexity index is 738. The van der Waals surface area contributed by atoms with Crippen molar-refractivity contribution in [3.8, 4) is 6.07 Å². The quantitative estimate of drug-likeness (QED) is 0.748. The Hall–Kier alpha value is -2.80. The van der Waals surface area contributed by atoms with Crippen LogP contribution < -0.4 is 5.32 Å². The molecule has 3 aromatic rings. The molecule has 4 nitrogen and oxygen atoms in total. The minimum atomic E-state index is 0.634. The maximum atomic E-state index is 9.28. The summed E-state index contributed by atoms with van der Waals surface area (Å²) in [6, 6.07) is 13.9. The lowest BCUT2D eigenvalue weighted by Gasteiger charge is -2.04. The first-order valence-corrected chi connectivity index (χ1v) is 6.02. The van der Waals surface area contributed by atoms with Crippen molar-refractivity contribution in [2.24, 2.45) is 0 Å². The smallest absolute Gasteiger partial charge is 0.122 e. The summed E-state index contributed by atoms with van der Waals surface area (Å²) in [4.78, 5) is 7.30. The second-order valence-corrected chi connectivity index (χ2v) is 4.25. The van der Waals surface area contributed by atoms with E-state index in [1.54, 1.807) is 6.20 Å².